The molecule has 0 spiro atoms. The molecule has 5 heteroatoms. The summed E-state index contributed by atoms with van der Waals surface area (Å²) in [4.78, 5) is 0. The highest BCUT2D eigenvalue weighted by atomic mass is 127. The summed E-state index contributed by atoms with van der Waals surface area (Å²) in [5.74, 6) is 0. The molecule has 0 fully saturated rings. The fourth-order valence-electron chi connectivity index (χ4n) is 1.23. The maximum Gasteiger partial charge on any atom is 0.159 e. The minimum atomic E-state index is -2.12. The molecule has 1 aromatic carbocycles. The van der Waals surface area contributed by atoms with E-state index in [1.54, 1.807) is 0 Å². The quantitative estimate of drug-likeness (QED) is 0.407. The Bertz CT molecular complexity index is 377. The van der Waals surface area contributed by atoms with Gasteiger partial charge in [-0.15, -0.1) is 0 Å². The van der Waals surface area contributed by atoms with Crippen LogP contribution in [0.5, 0.6) is 0 Å². The summed E-state index contributed by atoms with van der Waals surface area (Å²) < 4.78 is 21.2. The molecule has 0 aliphatic carbocycles. The van der Waals surface area contributed by atoms with Gasteiger partial charge in [0.25, 0.3) is 0 Å². The molecule has 0 aliphatic heterocycles. The van der Waals surface area contributed by atoms with Gasteiger partial charge in [-0.05, 0) is 81.2 Å². The summed E-state index contributed by atoms with van der Waals surface area (Å²) in [7, 11) is 0. The van der Waals surface area contributed by atoms with Crippen molar-refractivity contribution in [1.82, 2.24) is 0 Å². The molecule has 2 nitrogen and oxygen atoms in total. The highest BCUT2D eigenvalue weighted by Crippen LogP contribution is 2.43. The molecule has 1 unspecified atom stereocenters. The second-order valence-corrected chi connectivity index (χ2v) is 10.9. The van der Waals surface area contributed by atoms with Crippen LogP contribution in [-0.4, -0.2) is 8.76 Å². The van der Waals surface area contributed by atoms with Crippen molar-refractivity contribution in [2.45, 2.75) is 14.6 Å². The van der Waals surface area contributed by atoms with Crippen molar-refractivity contribution in [3.05, 3.63) is 34.9 Å². The average molecular weight is 435 g/mol. The summed E-state index contributed by atoms with van der Waals surface area (Å²) >= 11 is 1.77. The van der Waals surface area contributed by atoms with Crippen LogP contribution in [0.1, 0.15) is 16.7 Å². The average Bonchev–Trinajstić information content (AvgIpc) is 2.02. The first-order valence-electron chi connectivity index (χ1n) is 3.90. The highest BCUT2D eigenvalue weighted by molar-refractivity contribution is 14.2. The van der Waals surface area contributed by atoms with Crippen molar-refractivity contribution >= 4 is 56.3 Å². The van der Waals surface area contributed by atoms with Crippen molar-refractivity contribution in [3.8, 4) is 0 Å². The lowest BCUT2D eigenvalue weighted by Gasteiger charge is -2.25. The smallest absolute Gasteiger partial charge is 0.159 e. The van der Waals surface area contributed by atoms with Crippen molar-refractivity contribution < 1.29 is 8.76 Å². The number of hydrogen-bond donors (Lipinski definition) is 0. The predicted octanol–water partition coefficient (Wildman–Crippen LogP) is 3.16. The van der Waals surface area contributed by atoms with Crippen LogP contribution in [-0.2, 0) is 11.8 Å². The van der Waals surface area contributed by atoms with E-state index in [-0.39, 0.29) is 0 Å². The van der Waals surface area contributed by atoms with Crippen LogP contribution in [0.4, 0.5) is 0 Å². The molecule has 0 bridgehead atoms. The Morgan fingerprint density at radius 2 is 1.93 bits per heavy atom. The molecule has 1 atom stereocenters. The zero-order valence-corrected chi connectivity index (χ0v) is 12.8. The number of halogens is 2. The van der Waals surface area contributed by atoms with E-state index in [2.05, 4.69) is 0 Å². The van der Waals surface area contributed by atoms with E-state index in [0.29, 0.717) is 0 Å². The summed E-state index contributed by atoms with van der Waals surface area (Å²) in [6, 6.07) is 5.80. The lowest BCUT2D eigenvalue weighted by molar-refractivity contribution is 0.535. The van der Waals surface area contributed by atoms with Crippen LogP contribution in [0, 0.1) is 13.8 Å². The normalized spacial score (nSPS) is 14.1. The standard InChI is InChI=1S/C9H10I2O2S/c1-6-3-4-8(7(2)5-6)9(10,11)14(12)13/h3-5H,1-2H3,(H,12,13)/p-1. The van der Waals surface area contributed by atoms with Crippen LogP contribution in [0.15, 0.2) is 18.2 Å². The Balaban J connectivity index is 3.26. The molecule has 0 heterocycles. The van der Waals surface area contributed by atoms with Gasteiger partial charge in [0.1, 0.15) is 0 Å². The van der Waals surface area contributed by atoms with Crippen LogP contribution in [0.2, 0.25) is 0 Å². The van der Waals surface area contributed by atoms with Crippen LogP contribution >= 0.6 is 45.2 Å². The van der Waals surface area contributed by atoms with Crippen molar-refractivity contribution in [2.75, 3.05) is 0 Å². The molecule has 78 valence electrons. The SMILES string of the molecule is Cc1ccc(C(I)(I)S(=O)[O-])c(C)c1. The van der Waals surface area contributed by atoms with E-state index in [0.717, 1.165) is 16.7 Å². The van der Waals surface area contributed by atoms with Crippen molar-refractivity contribution in [1.29, 1.82) is 0 Å². The van der Waals surface area contributed by atoms with Gasteiger partial charge in [0.05, 0.1) is 0 Å². The van der Waals surface area contributed by atoms with Gasteiger partial charge in [0.15, 0.2) is 0.760 Å². The summed E-state index contributed by atoms with van der Waals surface area (Å²) in [5.41, 5.74) is 3.00. The second-order valence-electron chi connectivity index (χ2n) is 3.07. The number of rotatable bonds is 2. The molecule has 0 radical (unpaired) electrons. The lowest BCUT2D eigenvalue weighted by atomic mass is 10.1. The molecule has 0 N–H and O–H groups in total. The number of benzene rings is 1. The van der Waals surface area contributed by atoms with Gasteiger partial charge in [0.2, 0.25) is 0 Å². The van der Waals surface area contributed by atoms with Crippen LogP contribution in [0.25, 0.3) is 0 Å². The Morgan fingerprint density at radius 1 is 1.36 bits per heavy atom. The molecular weight excluding hydrogens is 426 g/mol. The van der Waals surface area contributed by atoms with Gasteiger partial charge in [-0.2, -0.15) is 0 Å². The van der Waals surface area contributed by atoms with Crippen molar-refractivity contribution in [2.24, 2.45) is 0 Å². The first-order chi connectivity index (χ1) is 6.35. The van der Waals surface area contributed by atoms with E-state index in [4.69, 9.17) is 0 Å². The highest BCUT2D eigenvalue weighted by Gasteiger charge is 2.27. The summed E-state index contributed by atoms with van der Waals surface area (Å²) in [6.07, 6.45) is 0. The fraction of sp³-hybridized carbons (Fsp3) is 0.333. The third kappa shape index (κ3) is 2.67. The maximum atomic E-state index is 11.0. The Morgan fingerprint density at radius 3 is 2.36 bits per heavy atom. The Hall–Kier alpha value is 0.790. The van der Waals surface area contributed by atoms with Gasteiger partial charge in [0, 0.05) is 0 Å². The minimum absolute atomic E-state index is 0.845. The monoisotopic (exact) mass is 435 g/mol. The van der Waals surface area contributed by atoms with Gasteiger partial charge in [-0.25, -0.2) is 0 Å². The van der Waals surface area contributed by atoms with E-state index in [1.807, 2.05) is 77.2 Å². The third-order valence-corrected chi connectivity index (χ3v) is 5.86. The van der Waals surface area contributed by atoms with E-state index >= 15 is 0 Å². The summed E-state index contributed by atoms with van der Waals surface area (Å²) in [5, 5.41) is 0. The largest absolute Gasteiger partial charge is 0.770 e. The molecule has 14 heavy (non-hydrogen) atoms. The molecule has 1 aromatic rings. The molecule has 0 saturated heterocycles. The lowest BCUT2D eigenvalue weighted by Crippen LogP contribution is -2.16. The number of hydrogen-bond acceptors (Lipinski definition) is 2. The van der Waals surface area contributed by atoms with E-state index in [9.17, 15) is 8.76 Å². The van der Waals surface area contributed by atoms with Gasteiger partial charge in [-0.1, -0.05) is 23.8 Å². The number of alkyl halides is 2. The van der Waals surface area contributed by atoms with E-state index in [1.165, 1.54) is 0 Å². The second kappa shape index (κ2) is 4.75. The fourth-order valence-corrected chi connectivity index (χ4v) is 2.85. The molecular formula is C9H9I2O2S-. The maximum absolute atomic E-state index is 11.0. The topological polar surface area (TPSA) is 40.1 Å². The zero-order valence-electron chi connectivity index (χ0n) is 7.71. The Kier molecular flexibility index (Phi) is 4.36. The predicted molar refractivity (Wildman–Crippen MR) is 74.6 cm³/mol. The molecule has 0 saturated carbocycles. The van der Waals surface area contributed by atoms with Crippen LogP contribution in [0.3, 0.4) is 0 Å². The molecule has 1 rings (SSSR count). The van der Waals surface area contributed by atoms with Gasteiger partial charge in [-0.3, -0.25) is 4.21 Å². The van der Waals surface area contributed by atoms with E-state index < -0.39 is 11.8 Å². The van der Waals surface area contributed by atoms with Gasteiger partial charge < -0.3 is 4.55 Å². The van der Waals surface area contributed by atoms with Gasteiger partial charge >= 0.3 is 0 Å². The minimum Gasteiger partial charge on any atom is -0.770 e. The first-order valence-corrected chi connectivity index (χ1v) is 7.14. The summed E-state index contributed by atoms with van der Waals surface area (Å²) in [6.45, 7) is 3.92. The molecule has 0 amide bonds. The molecule has 0 aliphatic rings. The number of aryl methyl sites for hydroxylation is 2. The van der Waals surface area contributed by atoms with Crippen LogP contribution < -0.4 is 0 Å². The van der Waals surface area contributed by atoms with Crippen molar-refractivity contribution in [3.63, 3.8) is 0 Å². The molecule has 0 aromatic heterocycles. The third-order valence-electron chi connectivity index (χ3n) is 1.90. The Labute approximate surface area is 113 Å². The first kappa shape index (κ1) is 12.9. The zero-order chi connectivity index (χ0) is 10.9.